The van der Waals surface area contributed by atoms with Crippen molar-refractivity contribution in [1.29, 1.82) is 0 Å². The number of likely N-dealkylation sites (tertiary alicyclic amines) is 2. The zero-order valence-electron chi connectivity index (χ0n) is 14.5. The largest absolute Gasteiger partial charge is 0.385 e. The number of piperidine rings is 2. The van der Waals surface area contributed by atoms with Crippen molar-refractivity contribution in [2.45, 2.75) is 70.9 Å². The second kappa shape index (κ2) is 9.12. The molecule has 2 fully saturated rings. The number of hydrogen-bond acceptors (Lipinski definition) is 3. The summed E-state index contributed by atoms with van der Waals surface area (Å²) in [6.45, 7) is 10.9. The molecule has 0 radical (unpaired) electrons. The second-order valence-corrected chi connectivity index (χ2v) is 7.35. The highest BCUT2D eigenvalue weighted by atomic mass is 16.5. The van der Waals surface area contributed by atoms with Crippen molar-refractivity contribution in [3.05, 3.63) is 0 Å². The first-order valence-corrected chi connectivity index (χ1v) is 9.17. The van der Waals surface area contributed by atoms with E-state index in [4.69, 9.17) is 4.74 Å². The Bertz CT molecular complexity index is 274. The van der Waals surface area contributed by atoms with Gasteiger partial charge in [0.15, 0.2) is 0 Å². The molecule has 2 saturated heterocycles. The maximum atomic E-state index is 5.23. The van der Waals surface area contributed by atoms with Crippen molar-refractivity contribution in [3.8, 4) is 0 Å². The van der Waals surface area contributed by atoms with Crippen molar-refractivity contribution in [2.24, 2.45) is 5.92 Å². The highest BCUT2D eigenvalue weighted by Gasteiger charge is 2.27. The molecule has 2 aliphatic rings. The van der Waals surface area contributed by atoms with Crippen LogP contribution in [0.4, 0.5) is 0 Å². The molecule has 0 aromatic carbocycles. The Morgan fingerprint density at radius 3 is 2.48 bits per heavy atom. The lowest BCUT2D eigenvalue weighted by Crippen LogP contribution is -2.46. The molecular formula is C18H36N2O. The second-order valence-electron chi connectivity index (χ2n) is 7.35. The van der Waals surface area contributed by atoms with Gasteiger partial charge < -0.3 is 14.5 Å². The maximum absolute atomic E-state index is 5.23. The summed E-state index contributed by atoms with van der Waals surface area (Å²) < 4.78 is 5.23. The number of nitrogens with zero attached hydrogens (tertiary/aromatic N) is 2. The molecule has 3 nitrogen and oxygen atoms in total. The minimum Gasteiger partial charge on any atom is -0.385 e. The third-order valence-electron chi connectivity index (χ3n) is 5.51. The monoisotopic (exact) mass is 296 g/mol. The molecule has 0 bridgehead atoms. The van der Waals surface area contributed by atoms with E-state index in [-0.39, 0.29) is 0 Å². The Morgan fingerprint density at radius 1 is 1.05 bits per heavy atom. The quantitative estimate of drug-likeness (QED) is 0.670. The highest BCUT2D eigenvalue weighted by Crippen LogP contribution is 2.26. The van der Waals surface area contributed by atoms with Crippen LogP contribution in [0.25, 0.3) is 0 Å². The molecule has 3 heteroatoms. The van der Waals surface area contributed by atoms with E-state index in [9.17, 15) is 0 Å². The number of ether oxygens (including phenoxy) is 1. The maximum Gasteiger partial charge on any atom is 0.0462 e. The van der Waals surface area contributed by atoms with Gasteiger partial charge in [-0.2, -0.15) is 0 Å². The van der Waals surface area contributed by atoms with Gasteiger partial charge in [0.1, 0.15) is 0 Å². The van der Waals surface area contributed by atoms with Gasteiger partial charge in [0.25, 0.3) is 0 Å². The number of hydrogen-bond donors (Lipinski definition) is 0. The van der Waals surface area contributed by atoms with Crippen LogP contribution in [-0.2, 0) is 4.74 Å². The van der Waals surface area contributed by atoms with Crippen LogP contribution in [0.1, 0.15) is 58.8 Å². The molecule has 21 heavy (non-hydrogen) atoms. The average molecular weight is 296 g/mol. The fourth-order valence-electron chi connectivity index (χ4n) is 4.07. The SMILES string of the molecule is COCCCC1CCCCN1CC1CCN(C(C)C)CC1. The summed E-state index contributed by atoms with van der Waals surface area (Å²) in [6, 6.07) is 1.56. The third kappa shape index (κ3) is 5.54. The van der Waals surface area contributed by atoms with Crippen molar-refractivity contribution in [1.82, 2.24) is 9.80 Å². The van der Waals surface area contributed by atoms with Gasteiger partial charge in [-0.1, -0.05) is 6.42 Å². The van der Waals surface area contributed by atoms with Crippen LogP contribution >= 0.6 is 0 Å². The standard InChI is InChI=1S/C18H36N2O/c1-16(2)19-12-9-17(10-13-19)15-20-11-5-4-7-18(20)8-6-14-21-3/h16-18H,4-15H2,1-3H3. The summed E-state index contributed by atoms with van der Waals surface area (Å²) in [4.78, 5) is 5.46. The topological polar surface area (TPSA) is 15.7 Å². The van der Waals surface area contributed by atoms with Crippen LogP contribution in [0, 0.1) is 5.92 Å². The van der Waals surface area contributed by atoms with E-state index in [1.165, 1.54) is 71.1 Å². The van der Waals surface area contributed by atoms with Gasteiger partial charge in [-0.05, 0) is 77.9 Å². The summed E-state index contributed by atoms with van der Waals surface area (Å²) in [6.07, 6.45) is 9.61. The molecule has 0 aromatic heterocycles. The lowest BCUT2D eigenvalue weighted by molar-refractivity contribution is 0.0764. The first kappa shape index (κ1) is 17.2. The molecule has 0 aliphatic carbocycles. The fourth-order valence-corrected chi connectivity index (χ4v) is 4.07. The molecule has 2 heterocycles. The molecular weight excluding hydrogens is 260 g/mol. The normalized spacial score (nSPS) is 26.6. The van der Waals surface area contributed by atoms with Crippen molar-refractivity contribution in [3.63, 3.8) is 0 Å². The van der Waals surface area contributed by atoms with Crippen LogP contribution in [0.5, 0.6) is 0 Å². The zero-order valence-corrected chi connectivity index (χ0v) is 14.5. The zero-order chi connectivity index (χ0) is 15.1. The minimum absolute atomic E-state index is 0.725. The molecule has 0 N–H and O–H groups in total. The molecule has 0 saturated carbocycles. The van der Waals surface area contributed by atoms with E-state index in [2.05, 4.69) is 23.6 Å². The molecule has 2 aliphatic heterocycles. The van der Waals surface area contributed by atoms with Gasteiger partial charge in [0.2, 0.25) is 0 Å². The first-order valence-electron chi connectivity index (χ1n) is 9.17. The molecule has 124 valence electrons. The van der Waals surface area contributed by atoms with Gasteiger partial charge in [-0.25, -0.2) is 0 Å². The van der Waals surface area contributed by atoms with E-state index in [0.717, 1.165) is 24.6 Å². The van der Waals surface area contributed by atoms with Crippen molar-refractivity contribution < 1.29 is 4.74 Å². The Kier molecular flexibility index (Phi) is 7.48. The van der Waals surface area contributed by atoms with E-state index in [1.807, 2.05) is 7.11 Å². The van der Waals surface area contributed by atoms with Gasteiger partial charge in [0.05, 0.1) is 0 Å². The number of rotatable bonds is 7. The fraction of sp³-hybridized carbons (Fsp3) is 1.00. The van der Waals surface area contributed by atoms with Gasteiger partial charge >= 0.3 is 0 Å². The predicted molar refractivity (Wildman–Crippen MR) is 89.8 cm³/mol. The third-order valence-corrected chi connectivity index (χ3v) is 5.51. The molecule has 0 amide bonds. The minimum atomic E-state index is 0.725. The summed E-state index contributed by atoms with van der Waals surface area (Å²) in [5.41, 5.74) is 0. The van der Waals surface area contributed by atoms with Crippen LogP contribution < -0.4 is 0 Å². The van der Waals surface area contributed by atoms with Gasteiger partial charge in [0, 0.05) is 32.3 Å². The van der Waals surface area contributed by atoms with Crippen LogP contribution in [0.2, 0.25) is 0 Å². The van der Waals surface area contributed by atoms with E-state index in [1.54, 1.807) is 0 Å². The van der Waals surface area contributed by atoms with Crippen LogP contribution in [0.15, 0.2) is 0 Å². The molecule has 0 aromatic rings. The van der Waals surface area contributed by atoms with Crippen molar-refractivity contribution >= 4 is 0 Å². The molecule has 1 unspecified atom stereocenters. The Labute approximate surface area is 132 Å². The summed E-state index contributed by atoms with van der Waals surface area (Å²) in [5, 5.41) is 0. The Balaban J connectivity index is 1.74. The predicted octanol–water partition coefficient (Wildman–Crippen LogP) is 3.39. The molecule has 0 spiro atoms. The van der Waals surface area contributed by atoms with Crippen molar-refractivity contribution in [2.75, 3.05) is 39.9 Å². The van der Waals surface area contributed by atoms with E-state index >= 15 is 0 Å². The van der Waals surface area contributed by atoms with Crippen LogP contribution in [-0.4, -0.2) is 61.8 Å². The molecule has 1 atom stereocenters. The van der Waals surface area contributed by atoms with E-state index in [0.29, 0.717) is 0 Å². The van der Waals surface area contributed by atoms with Gasteiger partial charge in [-0.3, -0.25) is 0 Å². The smallest absolute Gasteiger partial charge is 0.0462 e. The number of methoxy groups -OCH3 is 1. The van der Waals surface area contributed by atoms with Crippen LogP contribution in [0.3, 0.4) is 0 Å². The lowest BCUT2D eigenvalue weighted by Gasteiger charge is -2.41. The van der Waals surface area contributed by atoms with E-state index < -0.39 is 0 Å². The Hall–Kier alpha value is -0.120. The molecule has 2 rings (SSSR count). The lowest BCUT2D eigenvalue weighted by atomic mass is 9.92. The first-order chi connectivity index (χ1) is 10.2. The summed E-state index contributed by atoms with van der Waals surface area (Å²) in [5.74, 6) is 0.933. The summed E-state index contributed by atoms with van der Waals surface area (Å²) in [7, 11) is 1.82. The van der Waals surface area contributed by atoms with Gasteiger partial charge in [-0.15, -0.1) is 0 Å². The summed E-state index contributed by atoms with van der Waals surface area (Å²) >= 11 is 0. The highest BCUT2D eigenvalue weighted by molar-refractivity contribution is 4.82. The Morgan fingerprint density at radius 2 is 1.81 bits per heavy atom. The average Bonchev–Trinajstić information content (AvgIpc) is 2.50.